The van der Waals surface area contributed by atoms with E-state index in [1.54, 1.807) is 13.8 Å². The largest absolute Gasteiger partial charge is 0.467 e. The van der Waals surface area contributed by atoms with Crippen molar-refractivity contribution >= 4 is 23.8 Å². The molecule has 0 fully saturated rings. The molecule has 0 aliphatic heterocycles. The van der Waals surface area contributed by atoms with Crippen molar-refractivity contribution in [1.29, 1.82) is 0 Å². The average Bonchev–Trinajstić information content (AvgIpc) is 2.93. The van der Waals surface area contributed by atoms with Crippen molar-refractivity contribution in [3.8, 4) is 0 Å². The Bertz CT molecular complexity index is 1100. The summed E-state index contributed by atoms with van der Waals surface area (Å²) in [5, 5.41) is 14.1. The highest BCUT2D eigenvalue weighted by Gasteiger charge is 2.29. The minimum atomic E-state index is -1.28. The Balaban J connectivity index is 0.000000400. The first-order valence-corrected chi connectivity index (χ1v) is 12.6. The van der Waals surface area contributed by atoms with Gasteiger partial charge in [-0.3, -0.25) is 9.59 Å². The summed E-state index contributed by atoms with van der Waals surface area (Å²) in [6.07, 6.45) is -0.0495. The monoisotopic (exact) mass is 566 g/mol. The molecule has 2 rings (SSSR count). The Hall–Kier alpha value is -4.00. The zero-order chi connectivity index (χ0) is 30.6. The van der Waals surface area contributed by atoms with Gasteiger partial charge in [0, 0.05) is 11.4 Å². The van der Waals surface area contributed by atoms with Gasteiger partial charge in [0.2, 0.25) is 0 Å². The van der Waals surface area contributed by atoms with Crippen LogP contribution in [0.3, 0.4) is 0 Å². The summed E-state index contributed by atoms with van der Waals surface area (Å²) in [5.41, 5.74) is 0.428. The van der Waals surface area contributed by atoms with Crippen LogP contribution in [0.2, 0.25) is 0 Å². The SMILES string of the molecule is CCc1ccc(F)c(C(=O)NC(C(=O)OC)C(C)C)n1.CCc1ccc(F)c(C(=O)NC(C(=O)OC)C(C)O)n1. The quantitative estimate of drug-likeness (QED) is 0.367. The smallest absolute Gasteiger partial charge is 0.331 e. The number of pyridine rings is 2. The molecule has 2 aromatic rings. The van der Waals surface area contributed by atoms with Gasteiger partial charge in [0.25, 0.3) is 11.8 Å². The number of carbonyl (C=O) groups is 4. The Morgan fingerprint density at radius 1 is 0.775 bits per heavy atom. The molecular weight excluding hydrogens is 530 g/mol. The molecule has 0 aliphatic rings. The standard InChI is InChI=1S/C14H19FN2O3.C13H17FN2O4/c1-5-9-6-7-10(15)12(16-9)13(18)17-11(8(2)3)14(19)20-4;1-4-8-5-6-9(14)11(15-8)12(18)16-10(7(2)17)13(19)20-3/h6-8,11H,5H2,1-4H3,(H,17,18);5-7,10,17H,4H2,1-3H3,(H,16,18). The van der Waals surface area contributed by atoms with Gasteiger partial charge in [-0.05, 0) is 49.9 Å². The van der Waals surface area contributed by atoms with Crippen molar-refractivity contribution in [3.63, 3.8) is 0 Å². The third-order valence-electron chi connectivity index (χ3n) is 5.59. The molecule has 0 saturated heterocycles. The van der Waals surface area contributed by atoms with Crippen LogP contribution >= 0.6 is 0 Å². The van der Waals surface area contributed by atoms with E-state index in [2.05, 4.69) is 30.1 Å². The second-order valence-electron chi connectivity index (χ2n) is 8.91. The van der Waals surface area contributed by atoms with Crippen molar-refractivity contribution in [2.24, 2.45) is 5.92 Å². The zero-order valence-electron chi connectivity index (χ0n) is 23.6. The minimum Gasteiger partial charge on any atom is -0.467 e. The topological polar surface area (TPSA) is 157 Å². The Labute approximate surface area is 231 Å². The van der Waals surface area contributed by atoms with Gasteiger partial charge in [0.05, 0.1) is 20.3 Å². The molecule has 2 amide bonds. The third kappa shape index (κ3) is 9.63. The summed E-state index contributed by atoms with van der Waals surface area (Å²) in [4.78, 5) is 54.8. The molecule has 2 heterocycles. The molecule has 0 spiro atoms. The van der Waals surface area contributed by atoms with Crippen LogP contribution in [0.25, 0.3) is 0 Å². The Morgan fingerprint density at radius 3 is 1.48 bits per heavy atom. The molecule has 11 nitrogen and oxygen atoms in total. The normalized spacial score (nSPS) is 12.8. The van der Waals surface area contributed by atoms with Gasteiger partial charge in [0.1, 0.15) is 6.04 Å². The number of ether oxygens (including phenoxy) is 2. The van der Waals surface area contributed by atoms with E-state index in [0.717, 1.165) is 13.2 Å². The minimum absolute atomic E-state index is 0.177. The molecule has 3 atom stereocenters. The van der Waals surface area contributed by atoms with Crippen molar-refractivity contribution < 1.29 is 42.5 Å². The Morgan fingerprint density at radius 2 is 1.15 bits per heavy atom. The number of hydrogen-bond donors (Lipinski definition) is 3. The summed E-state index contributed by atoms with van der Waals surface area (Å²) in [6, 6.07) is 3.21. The average molecular weight is 567 g/mol. The number of halogens is 2. The molecule has 3 N–H and O–H groups in total. The maximum absolute atomic E-state index is 13.7. The van der Waals surface area contributed by atoms with Crippen LogP contribution < -0.4 is 10.6 Å². The maximum atomic E-state index is 13.7. The van der Waals surface area contributed by atoms with E-state index in [1.165, 1.54) is 32.2 Å². The van der Waals surface area contributed by atoms with Gasteiger partial charge < -0.3 is 25.2 Å². The van der Waals surface area contributed by atoms with E-state index in [4.69, 9.17) is 0 Å². The van der Waals surface area contributed by atoms with Crippen molar-refractivity contribution in [1.82, 2.24) is 20.6 Å². The predicted octanol–water partition coefficient (Wildman–Crippen LogP) is 2.15. The van der Waals surface area contributed by atoms with E-state index in [-0.39, 0.29) is 11.6 Å². The van der Waals surface area contributed by atoms with E-state index in [9.17, 15) is 33.1 Å². The van der Waals surface area contributed by atoms with E-state index in [1.807, 2.05) is 13.8 Å². The lowest BCUT2D eigenvalue weighted by Crippen LogP contribution is -2.48. The number of nitrogens with one attached hydrogen (secondary N) is 2. The van der Waals surface area contributed by atoms with E-state index >= 15 is 0 Å². The lowest BCUT2D eigenvalue weighted by Gasteiger charge is -2.19. The summed E-state index contributed by atoms with van der Waals surface area (Å²) in [7, 11) is 2.36. The van der Waals surface area contributed by atoms with Crippen LogP contribution in [-0.4, -0.2) is 71.2 Å². The lowest BCUT2D eigenvalue weighted by molar-refractivity contribution is -0.145. The number of nitrogens with zero attached hydrogens (tertiary/aromatic N) is 2. The number of aromatic nitrogens is 2. The van der Waals surface area contributed by atoms with Crippen LogP contribution in [0.5, 0.6) is 0 Å². The fourth-order valence-corrected chi connectivity index (χ4v) is 3.22. The molecule has 13 heteroatoms. The van der Waals surface area contributed by atoms with Crippen LogP contribution in [0, 0.1) is 17.6 Å². The first-order valence-electron chi connectivity index (χ1n) is 12.6. The fourth-order valence-electron chi connectivity index (χ4n) is 3.22. The first-order chi connectivity index (χ1) is 18.8. The Kier molecular flexibility index (Phi) is 13.8. The summed E-state index contributed by atoms with van der Waals surface area (Å²) < 4.78 is 36.3. The van der Waals surface area contributed by atoms with Gasteiger partial charge in [-0.15, -0.1) is 0 Å². The van der Waals surface area contributed by atoms with Gasteiger partial charge >= 0.3 is 11.9 Å². The van der Waals surface area contributed by atoms with Gasteiger partial charge in [-0.25, -0.2) is 28.3 Å². The van der Waals surface area contributed by atoms with Crippen molar-refractivity contribution in [3.05, 3.63) is 58.7 Å². The summed E-state index contributed by atoms with van der Waals surface area (Å²) >= 11 is 0. The molecule has 3 unspecified atom stereocenters. The number of aliphatic hydroxyl groups excluding tert-OH is 1. The molecule has 2 aromatic heterocycles. The molecule has 40 heavy (non-hydrogen) atoms. The number of amides is 2. The molecule has 0 bridgehead atoms. The highest BCUT2D eigenvalue weighted by Crippen LogP contribution is 2.10. The van der Waals surface area contributed by atoms with Crippen LogP contribution in [0.15, 0.2) is 24.3 Å². The lowest BCUT2D eigenvalue weighted by atomic mass is 10.0. The number of carbonyl (C=O) groups excluding carboxylic acids is 4. The maximum Gasteiger partial charge on any atom is 0.331 e. The fraction of sp³-hybridized carbons (Fsp3) is 0.481. The number of hydrogen-bond acceptors (Lipinski definition) is 9. The first kappa shape index (κ1) is 34.0. The van der Waals surface area contributed by atoms with E-state index in [0.29, 0.717) is 24.2 Å². The number of aliphatic hydroxyl groups is 1. The molecule has 0 radical (unpaired) electrons. The van der Waals surface area contributed by atoms with Gasteiger partial charge in [-0.1, -0.05) is 27.7 Å². The molecule has 0 aliphatic carbocycles. The second-order valence-corrected chi connectivity index (χ2v) is 8.91. The van der Waals surface area contributed by atoms with Gasteiger partial charge in [-0.2, -0.15) is 0 Å². The van der Waals surface area contributed by atoms with Crippen LogP contribution in [0.4, 0.5) is 8.78 Å². The molecule has 0 saturated carbocycles. The third-order valence-corrected chi connectivity index (χ3v) is 5.59. The van der Waals surface area contributed by atoms with Crippen molar-refractivity contribution in [2.75, 3.05) is 14.2 Å². The predicted molar refractivity (Wildman–Crippen MR) is 140 cm³/mol. The molecular formula is C27H36F2N4O7. The number of methoxy groups -OCH3 is 2. The summed E-state index contributed by atoms with van der Waals surface area (Å²) in [6.45, 7) is 8.50. The number of aryl methyl sites for hydroxylation is 2. The second kappa shape index (κ2) is 16.2. The molecule has 220 valence electrons. The number of esters is 2. The van der Waals surface area contributed by atoms with Crippen LogP contribution in [0.1, 0.15) is 67.0 Å². The molecule has 0 aromatic carbocycles. The highest BCUT2D eigenvalue weighted by molar-refractivity contribution is 5.96. The number of rotatable bonds is 10. The highest BCUT2D eigenvalue weighted by atomic mass is 19.1. The van der Waals surface area contributed by atoms with E-state index < -0.39 is 59.3 Å². The van der Waals surface area contributed by atoms with Gasteiger partial charge in [0.15, 0.2) is 29.1 Å². The summed E-state index contributed by atoms with van der Waals surface area (Å²) in [5.74, 6) is -4.68. The van der Waals surface area contributed by atoms with Crippen LogP contribution in [-0.2, 0) is 31.9 Å². The zero-order valence-corrected chi connectivity index (χ0v) is 23.6. The van der Waals surface area contributed by atoms with Crippen molar-refractivity contribution in [2.45, 2.75) is 65.6 Å².